The molecule has 0 rings (SSSR count). The largest absolute Gasteiger partial charge is 0.462 e. The van der Waals surface area contributed by atoms with Crippen LogP contribution in [0.4, 0.5) is 0 Å². The van der Waals surface area contributed by atoms with Crippen LogP contribution in [-0.2, 0) is 28.6 Å². The minimum atomic E-state index is -0.818. The van der Waals surface area contributed by atoms with E-state index in [0.717, 1.165) is 116 Å². The number of esters is 3. The summed E-state index contributed by atoms with van der Waals surface area (Å²) in [5.74, 6) is -1.00. The van der Waals surface area contributed by atoms with Gasteiger partial charge in [-0.3, -0.25) is 14.4 Å². The average molecular weight is 881 g/mol. The second-order valence-electron chi connectivity index (χ2n) is 15.9. The Kier molecular flexibility index (Phi) is 47.2. The highest BCUT2D eigenvalue weighted by Gasteiger charge is 2.19. The van der Waals surface area contributed by atoms with Crippen LogP contribution in [0.15, 0.2) is 146 Å². The fraction of sp³-hybridized carbons (Fsp3) is 0.534. The summed E-state index contributed by atoms with van der Waals surface area (Å²) in [5, 5.41) is 0. The summed E-state index contributed by atoms with van der Waals surface area (Å²) in [6, 6.07) is 0. The van der Waals surface area contributed by atoms with Crippen LogP contribution in [0.5, 0.6) is 0 Å². The molecule has 0 bridgehead atoms. The molecule has 0 N–H and O–H groups in total. The summed E-state index contributed by atoms with van der Waals surface area (Å²) in [4.78, 5) is 38.0. The Morgan fingerprint density at radius 3 is 0.969 bits per heavy atom. The molecule has 0 radical (unpaired) electrons. The summed E-state index contributed by atoms with van der Waals surface area (Å²) >= 11 is 0. The molecule has 0 fully saturated rings. The van der Waals surface area contributed by atoms with E-state index in [0.29, 0.717) is 19.3 Å². The lowest BCUT2D eigenvalue weighted by Crippen LogP contribution is -2.30. The molecule has 0 saturated heterocycles. The van der Waals surface area contributed by atoms with E-state index >= 15 is 0 Å². The molecule has 0 heterocycles. The summed E-state index contributed by atoms with van der Waals surface area (Å²) in [6.45, 7) is 6.18. The molecule has 0 amide bonds. The first kappa shape index (κ1) is 59.3. The quantitative estimate of drug-likeness (QED) is 0.0263. The van der Waals surface area contributed by atoms with E-state index in [1.54, 1.807) is 0 Å². The Morgan fingerprint density at radius 1 is 0.328 bits per heavy atom. The first-order valence-corrected chi connectivity index (χ1v) is 25.0. The summed E-state index contributed by atoms with van der Waals surface area (Å²) in [7, 11) is 0. The van der Waals surface area contributed by atoms with Gasteiger partial charge in [0.2, 0.25) is 0 Å². The minimum absolute atomic E-state index is 0.116. The second-order valence-corrected chi connectivity index (χ2v) is 15.9. The van der Waals surface area contributed by atoms with Crippen molar-refractivity contribution in [1.82, 2.24) is 0 Å². The Labute approximate surface area is 391 Å². The number of carbonyl (C=O) groups is 3. The van der Waals surface area contributed by atoms with Crippen LogP contribution in [0.3, 0.4) is 0 Å². The van der Waals surface area contributed by atoms with E-state index in [4.69, 9.17) is 14.2 Å². The lowest BCUT2D eigenvalue weighted by molar-refractivity contribution is -0.167. The molecule has 0 aromatic heterocycles. The normalized spacial score (nSPS) is 13.4. The van der Waals surface area contributed by atoms with Gasteiger partial charge >= 0.3 is 17.9 Å². The van der Waals surface area contributed by atoms with Crippen molar-refractivity contribution in [3.05, 3.63) is 146 Å². The van der Waals surface area contributed by atoms with Gasteiger partial charge in [-0.1, -0.05) is 231 Å². The molecule has 0 aliphatic carbocycles. The molecule has 0 saturated carbocycles. The molecule has 0 aliphatic rings. The van der Waals surface area contributed by atoms with Crippen molar-refractivity contribution in [3.8, 4) is 0 Å². The number of allylic oxidation sites excluding steroid dienone is 24. The predicted molar refractivity (Wildman–Crippen MR) is 274 cm³/mol. The number of hydrogen-bond donors (Lipinski definition) is 0. The topological polar surface area (TPSA) is 78.9 Å². The van der Waals surface area contributed by atoms with Gasteiger partial charge in [-0.2, -0.15) is 0 Å². The number of ether oxygens (including phenoxy) is 3. The van der Waals surface area contributed by atoms with Gasteiger partial charge in [-0.25, -0.2) is 0 Å². The fourth-order valence-corrected chi connectivity index (χ4v) is 6.13. The van der Waals surface area contributed by atoms with Crippen molar-refractivity contribution in [2.24, 2.45) is 0 Å². The third-order valence-corrected chi connectivity index (χ3v) is 9.82. The zero-order valence-electron chi connectivity index (χ0n) is 40.5. The Hall–Kier alpha value is -4.71. The molecule has 6 heteroatoms. The molecule has 0 aromatic rings. The average Bonchev–Trinajstić information content (AvgIpc) is 3.29. The van der Waals surface area contributed by atoms with Gasteiger partial charge in [0.1, 0.15) is 13.2 Å². The van der Waals surface area contributed by atoms with Crippen LogP contribution in [0, 0.1) is 0 Å². The summed E-state index contributed by atoms with van der Waals surface area (Å²) in [5.41, 5.74) is 0. The van der Waals surface area contributed by atoms with Crippen molar-refractivity contribution >= 4 is 17.9 Å². The van der Waals surface area contributed by atoms with Crippen molar-refractivity contribution in [2.45, 2.75) is 187 Å². The summed E-state index contributed by atoms with van der Waals surface area (Å²) < 4.78 is 16.7. The maximum absolute atomic E-state index is 12.8. The number of unbranched alkanes of at least 4 members (excludes halogenated alkanes) is 16. The number of carbonyl (C=O) groups excluding carboxylic acids is 3. The smallest absolute Gasteiger partial charge is 0.306 e. The van der Waals surface area contributed by atoms with Crippen molar-refractivity contribution < 1.29 is 28.6 Å². The molecular formula is C58H88O6. The molecule has 356 valence electrons. The van der Waals surface area contributed by atoms with Gasteiger partial charge in [0, 0.05) is 19.3 Å². The zero-order valence-corrected chi connectivity index (χ0v) is 40.5. The second kappa shape index (κ2) is 50.9. The highest BCUT2D eigenvalue weighted by molar-refractivity contribution is 5.71. The third-order valence-electron chi connectivity index (χ3n) is 9.82. The monoisotopic (exact) mass is 881 g/mol. The molecule has 0 aromatic carbocycles. The van der Waals surface area contributed by atoms with E-state index in [1.807, 2.05) is 72.9 Å². The lowest BCUT2D eigenvalue weighted by atomic mass is 10.1. The van der Waals surface area contributed by atoms with Gasteiger partial charge in [0.15, 0.2) is 6.10 Å². The first-order chi connectivity index (χ1) is 31.5. The van der Waals surface area contributed by atoms with Gasteiger partial charge < -0.3 is 14.2 Å². The van der Waals surface area contributed by atoms with Crippen LogP contribution in [-0.4, -0.2) is 37.2 Å². The SMILES string of the molecule is CC\C=C/C=C\C=C/C=C\CCCCCC(=O)OCC(COC(=O)CCCCCCC\C=C/C=C\C=C/C=C\C=C/CCC)OC(=O)CCCCCCCCC\C=C/C=C\C=C/CC. The van der Waals surface area contributed by atoms with Crippen molar-refractivity contribution in [3.63, 3.8) is 0 Å². The summed E-state index contributed by atoms with van der Waals surface area (Å²) in [6.07, 6.45) is 72.5. The van der Waals surface area contributed by atoms with Gasteiger partial charge in [0.25, 0.3) is 0 Å². The maximum atomic E-state index is 12.8. The molecule has 0 aliphatic heterocycles. The minimum Gasteiger partial charge on any atom is -0.462 e. The van der Waals surface area contributed by atoms with Crippen LogP contribution in [0.25, 0.3) is 0 Å². The van der Waals surface area contributed by atoms with Crippen LogP contribution < -0.4 is 0 Å². The van der Waals surface area contributed by atoms with Gasteiger partial charge in [-0.15, -0.1) is 0 Å². The van der Waals surface area contributed by atoms with E-state index in [-0.39, 0.29) is 31.1 Å². The molecule has 6 nitrogen and oxygen atoms in total. The van der Waals surface area contributed by atoms with Crippen molar-refractivity contribution in [1.29, 1.82) is 0 Å². The Morgan fingerprint density at radius 2 is 0.609 bits per heavy atom. The molecule has 0 spiro atoms. The van der Waals surface area contributed by atoms with Crippen LogP contribution in [0.1, 0.15) is 181 Å². The molecular weight excluding hydrogens is 793 g/mol. The Balaban J connectivity index is 4.55. The molecule has 1 atom stereocenters. The van der Waals surface area contributed by atoms with E-state index in [2.05, 4.69) is 93.7 Å². The number of rotatable bonds is 42. The van der Waals surface area contributed by atoms with E-state index in [1.165, 1.54) is 25.7 Å². The van der Waals surface area contributed by atoms with Crippen LogP contribution >= 0.6 is 0 Å². The predicted octanol–water partition coefficient (Wildman–Crippen LogP) is 16.5. The first-order valence-electron chi connectivity index (χ1n) is 25.0. The standard InChI is InChI=1S/C58H88O6/c1-4-7-10-13-16-19-22-25-27-28-29-31-33-36-39-42-45-48-51-57(60)63-54-55(53-62-56(59)50-47-44-41-38-35-32-24-21-18-15-12-9-6-3)64-58(61)52-49-46-43-40-37-34-30-26-23-20-17-14-11-8-5-2/h8-25,27-29,31-32,35,55H,4-7,26,30,33-34,36-54H2,1-3H3/b11-8-,12-9-,13-10-,17-14-,18-15-,19-16-,23-20-,24-21-,25-22-,28-27-,31-29-,35-32-. The van der Waals surface area contributed by atoms with E-state index in [9.17, 15) is 14.4 Å². The zero-order chi connectivity index (χ0) is 46.5. The van der Waals surface area contributed by atoms with Crippen LogP contribution in [0.2, 0.25) is 0 Å². The van der Waals surface area contributed by atoms with E-state index < -0.39 is 6.10 Å². The number of hydrogen-bond acceptors (Lipinski definition) is 6. The third kappa shape index (κ3) is 48.3. The lowest BCUT2D eigenvalue weighted by Gasteiger charge is -2.18. The van der Waals surface area contributed by atoms with Crippen molar-refractivity contribution in [2.75, 3.05) is 13.2 Å². The van der Waals surface area contributed by atoms with Gasteiger partial charge in [0.05, 0.1) is 0 Å². The van der Waals surface area contributed by atoms with Gasteiger partial charge in [-0.05, 0) is 77.0 Å². The molecule has 64 heavy (non-hydrogen) atoms. The fourth-order valence-electron chi connectivity index (χ4n) is 6.13. The molecule has 1 unspecified atom stereocenters. The maximum Gasteiger partial charge on any atom is 0.306 e. The Bertz CT molecular complexity index is 1480. The highest BCUT2D eigenvalue weighted by Crippen LogP contribution is 2.13. The highest BCUT2D eigenvalue weighted by atomic mass is 16.6.